The Morgan fingerprint density at radius 2 is 1.93 bits per heavy atom. The van der Waals surface area contributed by atoms with E-state index in [1.807, 2.05) is 13.8 Å². The maximum Gasteiger partial charge on any atom is 0.433 e. The van der Waals surface area contributed by atoms with Crippen molar-refractivity contribution in [2.75, 3.05) is 0 Å². The number of alkyl halides is 3. The van der Waals surface area contributed by atoms with Crippen molar-refractivity contribution in [3.63, 3.8) is 0 Å². The van der Waals surface area contributed by atoms with Gasteiger partial charge in [0.2, 0.25) is 0 Å². The second-order valence-electron chi connectivity index (χ2n) is 6.57. The normalized spacial score (nSPS) is 13.0. The molecule has 0 bridgehead atoms. The van der Waals surface area contributed by atoms with Gasteiger partial charge in [-0.15, -0.1) is 0 Å². The lowest BCUT2D eigenvalue weighted by Gasteiger charge is -2.11. The molecule has 1 aromatic carbocycles. The third-order valence-electron chi connectivity index (χ3n) is 4.38. The highest BCUT2D eigenvalue weighted by Gasteiger charge is 2.36. The van der Waals surface area contributed by atoms with Crippen molar-refractivity contribution in [3.05, 3.63) is 52.3 Å². The standard InChI is InChI=1S/C19H18ClF3N4O/c1-4-11(3)24-18(28)16-15(20)17-25-13(12-7-5-10(2)6-8-12)9-14(19(21,22)23)27(17)26-16/h5-9,11H,4H2,1-3H3,(H,24,28). The van der Waals surface area contributed by atoms with E-state index in [9.17, 15) is 18.0 Å². The van der Waals surface area contributed by atoms with Gasteiger partial charge in [-0.2, -0.15) is 18.3 Å². The summed E-state index contributed by atoms with van der Waals surface area (Å²) in [4.78, 5) is 16.6. The number of fused-ring (bicyclic) bond motifs is 1. The lowest BCUT2D eigenvalue weighted by molar-refractivity contribution is -0.142. The first kappa shape index (κ1) is 20.1. The summed E-state index contributed by atoms with van der Waals surface area (Å²) in [6.45, 7) is 5.52. The molecule has 0 aliphatic heterocycles. The molecule has 5 nitrogen and oxygen atoms in total. The van der Waals surface area contributed by atoms with E-state index in [1.165, 1.54) is 0 Å². The molecule has 1 unspecified atom stereocenters. The van der Waals surface area contributed by atoms with Crippen molar-refractivity contribution in [1.82, 2.24) is 19.9 Å². The van der Waals surface area contributed by atoms with Crippen LogP contribution in [-0.4, -0.2) is 26.5 Å². The first-order valence-electron chi connectivity index (χ1n) is 8.66. The quantitative estimate of drug-likeness (QED) is 0.665. The summed E-state index contributed by atoms with van der Waals surface area (Å²) in [7, 11) is 0. The van der Waals surface area contributed by atoms with Crippen LogP contribution in [0.5, 0.6) is 0 Å². The topological polar surface area (TPSA) is 59.3 Å². The summed E-state index contributed by atoms with van der Waals surface area (Å²) in [6, 6.07) is 7.63. The van der Waals surface area contributed by atoms with Crippen molar-refractivity contribution in [3.8, 4) is 11.3 Å². The number of halogens is 4. The molecular weight excluding hydrogens is 393 g/mol. The van der Waals surface area contributed by atoms with Crippen LogP contribution >= 0.6 is 11.6 Å². The van der Waals surface area contributed by atoms with E-state index in [4.69, 9.17) is 11.6 Å². The average molecular weight is 411 g/mol. The molecule has 3 rings (SSSR count). The Labute approximate surface area is 164 Å². The number of benzene rings is 1. The molecule has 148 valence electrons. The van der Waals surface area contributed by atoms with Crippen LogP contribution < -0.4 is 5.32 Å². The summed E-state index contributed by atoms with van der Waals surface area (Å²) in [5, 5.41) is 6.23. The van der Waals surface area contributed by atoms with Crippen molar-refractivity contribution in [2.45, 2.75) is 39.4 Å². The Kier molecular flexibility index (Phi) is 5.34. The molecule has 28 heavy (non-hydrogen) atoms. The number of rotatable bonds is 4. The lowest BCUT2D eigenvalue weighted by Crippen LogP contribution is -2.32. The van der Waals surface area contributed by atoms with E-state index in [1.54, 1.807) is 31.2 Å². The number of carbonyl (C=O) groups excluding carboxylic acids is 1. The maximum absolute atomic E-state index is 13.7. The van der Waals surface area contributed by atoms with Gasteiger partial charge in [0, 0.05) is 11.6 Å². The van der Waals surface area contributed by atoms with Gasteiger partial charge in [0.15, 0.2) is 17.0 Å². The van der Waals surface area contributed by atoms with E-state index in [-0.39, 0.29) is 28.1 Å². The molecule has 0 radical (unpaired) electrons. The molecule has 1 amide bonds. The highest BCUT2D eigenvalue weighted by Crippen LogP contribution is 2.34. The molecular formula is C19H18ClF3N4O. The van der Waals surface area contributed by atoms with Crippen LogP contribution in [0, 0.1) is 6.92 Å². The Hall–Kier alpha value is -2.61. The van der Waals surface area contributed by atoms with E-state index >= 15 is 0 Å². The van der Waals surface area contributed by atoms with Crippen molar-refractivity contribution >= 4 is 23.2 Å². The summed E-state index contributed by atoms with van der Waals surface area (Å²) in [5.74, 6) is -0.644. The van der Waals surface area contributed by atoms with Gasteiger partial charge in [-0.3, -0.25) is 4.79 Å². The minimum atomic E-state index is -4.71. The highest BCUT2D eigenvalue weighted by molar-refractivity contribution is 6.36. The monoisotopic (exact) mass is 410 g/mol. The van der Waals surface area contributed by atoms with Gasteiger partial charge in [-0.05, 0) is 26.3 Å². The Morgan fingerprint density at radius 1 is 1.29 bits per heavy atom. The second kappa shape index (κ2) is 7.43. The zero-order valence-electron chi connectivity index (χ0n) is 15.4. The maximum atomic E-state index is 13.7. The zero-order valence-corrected chi connectivity index (χ0v) is 16.2. The Bertz CT molecular complexity index is 1030. The predicted octanol–water partition coefficient (Wildman–Crippen LogP) is 4.91. The minimum absolute atomic E-state index is 0.0931. The average Bonchev–Trinajstić information content (AvgIpc) is 2.97. The van der Waals surface area contributed by atoms with Gasteiger partial charge in [-0.1, -0.05) is 48.4 Å². The lowest BCUT2D eigenvalue weighted by atomic mass is 10.1. The molecule has 1 atom stereocenters. The van der Waals surface area contributed by atoms with Crippen LogP contribution in [0.3, 0.4) is 0 Å². The van der Waals surface area contributed by atoms with Gasteiger partial charge >= 0.3 is 6.18 Å². The number of aryl methyl sites for hydroxylation is 1. The van der Waals surface area contributed by atoms with Crippen LogP contribution in [0.4, 0.5) is 13.2 Å². The van der Waals surface area contributed by atoms with Crippen molar-refractivity contribution in [1.29, 1.82) is 0 Å². The number of amides is 1. The Balaban J connectivity index is 2.21. The summed E-state index contributed by atoms with van der Waals surface area (Å²) < 4.78 is 41.5. The van der Waals surface area contributed by atoms with Crippen LogP contribution in [0.15, 0.2) is 30.3 Å². The minimum Gasteiger partial charge on any atom is -0.348 e. The SMILES string of the molecule is CCC(C)NC(=O)c1nn2c(C(F)(F)F)cc(-c3ccc(C)cc3)nc2c1Cl. The number of aromatic nitrogens is 3. The van der Waals surface area contributed by atoms with Crippen LogP contribution in [0.1, 0.15) is 42.0 Å². The molecule has 2 heterocycles. The smallest absolute Gasteiger partial charge is 0.348 e. The second-order valence-corrected chi connectivity index (χ2v) is 6.95. The van der Waals surface area contributed by atoms with Gasteiger partial charge in [-0.25, -0.2) is 9.50 Å². The molecule has 0 aliphatic rings. The number of hydrogen-bond donors (Lipinski definition) is 1. The summed E-state index contributed by atoms with van der Waals surface area (Å²) in [5.41, 5.74) is -0.0100. The largest absolute Gasteiger partial charge is 0.433 e. The summed E-state index contributed by atoms with van der Waals surface area (Å²) in [6.07, 6.45) is -4.05. The predicted molar refractivity (Wildman–Crippen MR) is 100 cm³/mol. The Morgan fingerprint density at radius 3 is 2.50 bits per heavy atom. The highest BCUT2D eigenvalue weighted by atomic mass is 35.5. The van der Waals surface area contributed by atoms with Gasteiger partial charge < -0.3 is 5.32 Å². The molecule has 0 aliphatic carbocycles. The molecule has 2 aromatic heterocycles. The van der Waals surface area contributed by atoms with Crippen molar-refractivity contribution in [2.24, 2.45) is 0 Å². The van der Waals surface area contributed by atoms with E-state index in [0.29, 0.717) is 16.5 Å². The molecule has 9 heteroatoms. The fourth-order valence-electron chi connectivity index (χ4n) is 2.60. The molecule has 1 N–H and O–H groups in total. The summed E-state index contributed by atoms with van der Waals surface area (Å²) >= 11 is 6.21. The first-order valence-corrected chi connectivity index (χ1v) is 9.04. The van der Waals surface area contributed by atoms with Gasteiger partial charge in [0.1, 0.15) is 5.02 Å². The number of hydrogen-bond acceptors (Lipinski definition) is 3. The number of nitrogens with one attached hydrogen (secondary N) is 1. The van der Waals surface area contributed by atoms with E-state index < -0.39 is 17.8 Å². The van der Waals surface area contributed by atoms with Crippen LogP contribution in [0.2, 0.25) is 5.02 Å². The first-order chi connectivity index (χ1) is 13.1. The zero-order chi connectivity index (χ0) is 20.6. The van der Waals surface area contributed by atoms with Gasteiger partial charge in [0.25, 0.3) is 5.91 Å². The third-order valence-corrected chi connectivity index (χ3v) is 4.72. The molecule has 0 saturated heterocycles. The molecule has 0 spiro atoms. The van der Waals surface area contributed by atoms with Crippen LogP contribution in [-0.2, 0) is 6.18 Å². The van der Waals surface area contributed by atoms with E-state index in [0.717, 1.165) is 11.6 Å². The van der Waals surface area contributed by atoms with Crippen molar-refractivity contribution < 1.29 is 18.0 Å². The van der Waals surface area contributed by atoms with E-state index in [2.05, 4.69) is 15.4 Å². The fourth-order valence-corrected chi connectivity index (χ4v) is 2.85. The third kappa shape index (κ3) is 3.82. The van der Waals surface area contributed by atoms with Crippen LogP contribution in [0.25, 0.3) is 16.9 Å². The van der Waals surface area contributed by atoms with Gasteiger partial charge in [0.05, 0.1) is 5.69 Å². The molecule has 0 saturated carbocycles. The number of carbonyl (C=O) groups is 1. The fraction of sp³-hybridized carbons (Fsp3) is 0.316. The molecule has 0 fully saturated rings. The molecule has 3 aromatic rings. The number of nitrogens with zero attached hydrogens (tertiary/aromatic N) is 3.